The second-order valence-electron chi connectivity index (χ2n) is 4.56. The summed E-state index contributed by atoms with van der Waals surface area (Å²) in [4.78, 5) is -0.0736. The number of halogens is 2. The first-order chi connectivity index (χ1) is 7.03. The number of benzene rings is 1. The van der Waals surface area contributed by atoms with E-state index >= 15 is 0 Å². The molecule has 2 N–H and O–H groups in total. The lowest BCUT2D eigenvalue weighted by Gasteiger charge is -2.22. The quantitative estimate of drug-likeness (QED) is 0.860. The number of rotatable bonds is 1. The molecule has 0 aliphatic rings. The summed E-state index contributed by atoms with van der Waals surface area (Å²) in [6.07, 6.45) is 0. The standard InChI is InChI=1S/C10H13Cl2NO2S/c1-10(2,3)9-7(11)4-6(5-8(9)12)16(13,14)15/h4-5H,1-3H3,(H2,13,14,15). The molecule has 0 saturated carbocycles. The fourth-order valence-electron chi connectivity index (χ4n) is 1.43. The van der Waals surface area contributed by atoms with Gasteiger partial charge in [-0.15, -0.1) is 0 Å². The van der Waals surface area contributed by atoms with Crippen LogP contribution in [0.15, 0.2) is 17.0 Å². The minimum atomic E-state index is -3.78. The van der Waals surface area contributed by atoms with Crippen LogP contribution >= 0.6 is 23.2 Å². The fourth-order valence-corrected chi connectivity index (χ4v) is 3.18. The van der Waals surface area contributed by atoms with Crippen LogP contribution < -0.4 is 5.14 Å². The maximum Gasteiger partial charge on any atom is 0.238 e. The molecule has 0 atom stereocenters. The van der Waals surface area contributed by atoms with Gasteiger partial charge in [-0.05, 0) is 23.1 Å². The molecule has 90 valence electrons. The van der Waals surface area contributed by atoms with E-state index in [1.54, 1.807) is 0 Å². The molecule has 0 saturated heterocycles. The Balaban J connectivity index is 3.53. The van der Waals surface area contributed by atoms with Gasteiger partial charge in [0.1, 0.15) is 0 Å². The molecule has 0 heterocycles. The highest BCUT2D eigenvalue weighted by atomic mass is 35.5. The Morgan fingerprint density at radius 3 is 1.75 bits per heavy atom. The number of sulfonamides is 1. The highest BCUT2D eigenvalue weighted by molar-refractivity contribution is 7.89. The summed E-state index contributed by atoms with van der Waals surface area (Å²) in [7, 11) is -3.78. The Morgan fingerprint density at radius 1 is 1.12 bits per heavy atom. The minimum absolute atomic E-state index is 0.0736. The topological polar surface area (TPSA) is 60.2 Å². The van der Waals surface area contributed by atoms with Crippen LogP contribution in [0.4, 0.5) is 0 Å². The molecule has 0 amide bonds. The lowest BCUT2D eigenvalue weighted by atomic mass is 9.87. The summed E-state index contributed by atoms with van der Waals surface area (Å²) < 4.78 is 22.3. The van der Waals surface area contributed by atoms with Gasteiger partial charge in [-0.1, -0.05) is 44.0 Å². The van der Waals surface area contributed by atoms with E-state index in [9.17, 15) is 8.42 Å². The third-order valence-corrected chi connectivity index (χ3v) is 3.58. The van der Waals surface area contributed by atoms with Gasteiger partial charge in [-0.2, -0.15) is 0 Å². The second kappa shape index (κ2) is 4.18. The first-order valence-corrected chi connectivity index (χ1v) is 6.86. The maximum atomic E-state index is 11.2. The van der Waals surface area contributed by atoms with Crippen molar-refractivity contribution in [1.82, 2.24) is 0 Å². The van der Waals surface area contributed by atoms with E-state index in [2.05, 4.69) is 0 Å². The van der Waals surface area contributed by atoms with Gasteiger partial charge in [0.25, 0.3) is 0 Å². The molecule has 0 radical (unpaired) electrons. The Morgan fingerprint density at radius 2 is 1.50 bits per heavy atom. The SMILES string of the molecule is CC(C)(C)c1c(Cl)cc(S(N)(=O)=O)cc1Cl. The van der Waals surface area contributed by atoms with Crippen molar-refractivity contribution in [3.63, 3.8) is 0 Å². The third kappa shape index (κ3) is 2.88. The molecule has 0 spiro atoms. The van der Waals surface area contributed by atoms with Gasteiger partial charge in [0.15, 0.2) is 0 Å². The first kappa shape index (κ1) is 13.8. The molecule has 6 heteroatoms. The molecule has 1 aromatic carbocycles. The third-order valence-electron chi connectivity index (χ3n) is 2.09. The lowest BCUT2D eigenvalue weighted by Crippen LogP contribution is -2.16. The molecule has 3 nitrogen and oxygen atoms in total. The zero-order chi connectivity index (χ0) is 12.7. The summed E-state index contributed by atoms with van der Waals surface area (Å²) in [5, 5.41) is 5.63. The van der Waals surface area contributed by atoms with Crippen LogP contribution in [0.1, 0.15) is 26.3 Å². The average molecular weight is 282 g/mol. The zero-order valence-electron chi connectivity index (χ0n) is 9.21. The normalized spacial score (nSPS) is 12.9. The van der Waals surface area contributed by atoms with Gasteiger partial charge in [-0.3, -0.25) is 0 Å². The molecule has 0 aliphatic carbocycles. The average Bonchev–Trinajstić information content (AvgIpc) is 1.97. The van der Waals surface area contributed by atoms with Gasteiger partial charge in [0, 0.05) is 10.0 Å². The monoisotopic (exact) mass is 281 g/mol. The molecule has 16 heavy (non-hydrogen) atoms. The molecule has 1 aromatic rings. The van der Waals surface area contributed by atoms with Crippen LogP contribution in [0, 0.1) is 0 Å². The van der Waals surface area contributed by atoms with E-state index in [1.165, 1.54) is 12.1 Å². The van der Waals surface area contributed by atoms with Crippen LogP contribution in [0.25, 0.3) is 0 Å². The molecule has 0 aliphatic heterocycles. The summed E-state index contributed by atoms with van der Waals surface area (Å²) in [5.74, 6) is 0. The van der Waals surface area contributed by atoms with E-state index in [4.69, 9.17) is 28.3 Å². The number of hydrogen-bond acceptors (Lipinski definition) is 2. The van der Waals surface area contributed by atoms with Crippen LogP contribution in [0.2, 0.25) is 10.0 Å². The maximum absolute atomic E-state index is 11.2. The van der Waals surface area contributed by atoms with Crippen molar-refractivity contribution in [2.45, 2.75) is 31.1 Å². The smallest absolute Gasteiger partial charge is 0.225 e. The Bertz CT molecular complexity index is 495. The molecular weight excluding hydrogens is 269 g/mol. The number of primary sulfonamides is 1. The van der Waals surface area contributed by atoms with Crippen LogP contribution in [0.3, 0.4) is 0 Å². The molecule has 1 rings (SSSR count). The van der Waals surface area contributed by atoms with Crippen molar-refractivity contribution in [3.8, 4) is 0 Å². The van der Waals surface area contributed by atoms with E-state index in [1.807, 2.05) is 20.8 Å². The Kier molecular flexibility index (Phi) is 3.60. The Labute approximate surface area is 106 Å². The van der Waals surface area contributed by atoms with Crippen LogP contribution in [-0.4, -0.2) is 8.42 Å². The van der Waals surface area contributed by atoms with Crippen molar-refractivity contribution in [2.24, 2.45) is 5.14 Å². The van der Waals surface area contributed by atoms with Crippen molar-refractivity contribution in [3.05, 3.63) is 27.7 Å². The van der Waals surface area contributed by atoms with Gasteiger partial charge in [-0.25, -0.2) is 13.6 Å². The zero-order valence-corrected chi connectivity index (χ0v) is 11.5. The minimum Gasteiger partial charge on any atom is -0.225 e. The predicted octanol–water partition coefficient (Wildman–Crippen LogP) is 2.94. The summed E-state index contributed by atoms with van der Waals surface area (Å²) in [6.45, 7) is 5.82. The van der Waals surface area contributed by atoms with Gasteiger partial charge >= 0.3 is 0 Å². The van der Waals surface area contributed by atoms with Crippen molar-refractivity contribution in [1.29, 1.82) is 0 Å². The lowest BCUT2D eigenvalue weighted by molar-refractivity contribution is 0.587. The van der Waals surface area contributed by atoms with E-state index in [0.717, 1.165) is 0 Å². The van der Waals surface area contributed by atoms with Gasteiger partial charge in [0.2, 0.25) is 10.0 Å². The molecular formula is C10H13Cl2NO2S. The van der Waals surface area contributed by atoms with Crippen LogP contribution in [-0.2, 0) is 15.4 Å². The van der Waals surface area contributed by atoms with Crippen molar-refractivity contribution < 1.29 is 8.42 Å². The van der Waals surface area contributed by atoms with Gasteiger partial charge in [0.05, 0.1) is 4.90 Å². The molecule has 0 fully saturated rings. The molecule has 0 aromatic heterocycles. The highest BCUT2D eigenvalue weighted by Crippen LogP contribution is 2.37. The van der Waals surface area contributed by atoms with Crippen LogP contribution in [0.5, 0.6) is 0 Å². The fraction of sp³-hybridized carbons (Fsp3) is 0.400. The largest absolute Gasteiger partial charge is 0.238 e. The van der Waals surface area contributed by atoms with E-state index < -0.39 is 10.0 Å². The second-order valence-corrected chi connectivity index (χ2v) is 6.93. The number of nitrogens with two attached hydrogens (primary N) is 1. The summed E-state index contributed by atoms with van der Waals surface area (Å²) in [5.41, 5.74) is 0.452. The van der Waals surface area contributed by atoms with E-state index in [-0.39, 0.29) is 10.3 Å². The number of hydrogen-bond donors (Lipinski definition) is 1. The summed E-state index contributed by atoms with van der Waals surface area (Å²) >= 11 is 12.0. The summed E-state index contributed by atoms with van der Waals surface area (Å²) in [6, 6.07) is 2.65. The predicted molar refractivity (Wildman–Crippen MR) is 66.5 cm³/mol. The molecule has 0 bridgehead atoms. The highest BCUT2D eigenvalue weighted by Gasteiger charge is 2.23. The first-order valence-electron chi connectivity index (χ1n) is 4.56. The van der Waals surface area contributed by atoms with Gasteiger partial charge < -0.3 is 0 Å². The van der Waals surface area contributed by atoms with Crippen molar-refractivity contribution >= 4 is 33.2 Å². The van der Waals surface area contributed by atoms with E-state index in [0.29, 0.717) is 15.6 Å². The Hall–Kier alpha value is -0.290. The molecule has 0 unspecified atom stereocenters. The van der Waals surface area contributed by atoms with Crippen molar-refractivity contribution in [2.75, 3.05) is 0 Å².